The Morgan fingerprint density at radius 1 is 1.47 bits per heavy atom. The van der Waals surface area contributed by atoms with Crippen LogP contribution in [0.15, 0.2) is 23.1 Å². The Labute approximate surface area is 100 Å². The Morgan fingerprint density at radius 2 is 2.13 bits per heavy atom. The van der Waals surface area contributed by atoms with E-state index in [-0.39, 0.29) is 5.54 Å². The number of benzene rings is 1. The van der Waals surface area contributed by atoms with Gasteiger partial charge in [-0.2, -0.15) is 0 Å². The normalized spacial score (nSPS) is 11.5. The van der Waals surface area contributed by atoms with Crippen molar-refractivity contribution in [3.05, 3.63) is 23.2 Å². The smallest absolute Gasteiger partial charge is 0.132 e. The molecule has 0 saturated carbocycles. The molecule has 0 heterocycles. The predicted octanol–water partition coefficient (Wildman–Crippen LogP) is 3.18. The van der Waals surface area contributed by atoms with Crippen LogP contribution in [-0.2, 0) is 0 Å². The van der Waals surface area contributed by atoms with E-state index in [1.165, 1.54) is 0 Å². The maximum atomic E-state index is 5.92. The van der Waals surface area contributed by atoms with Crippen molar-refractivity contribution < 1.29 is 4.74 Å². The summed E-state index contributed by atoms with van der Waals surface area (Å²) < 4.78 is 5.25. The van der Waals surface area contributed by atoms with Gasteiger partial charge in [-0.3, -0.25) is 0 Å². The van der Waals surface area contributed by atoms with Crippen molar-refractivity contribution in [2.24, 2.45) is 5.73 Å². The maximum absolute atomic E-state index is 5.92. The van der Waals surface area contributed by atoms with Gasteiger partial charge in [0.2, 0.25) is 0 Å². The van der Waals surface area contributed by atoms with Gasteiger partial charge in [-0.1, -0.05) is 11.6 Å². The highest BCUT2D eigenvalue weighted by Gasteiger charge is 2.13. The van der Waals surface area contributed by atoms with E-state index in [2.05, 4.69) is 0 Å². The third kappa shape index (κ3) is 4.33. The first-order valence-electron chi connectivity index (χ1n) is 4.67. The number of thioether (sulfide) groups is 1. The molecule has 0 amide bonds. The predicted molar refractivity (Wildman–Crippen MR) is 67.0 cm³/mol. The first-order chi connectivity index (χ1) is 6.92. The second-order valence-electron chi connectivity index (χ2n) is 4.07. The molecule has 2 N–H and O–H groups in total. The van der Waals surface area contributed by atoms with E-state index in [4.69, 9.17) is 22.1 Å². The number of rotatable bonds is 4. The molecule has 0 unspecified atom stereocenters. The number of methoxy groups -OCH3 is 1. The fourth-order valence-corrected chi connectivity index (χ4v) is 2.30. The van der Waals surface area contributed by atoms with Crippen LogP contribution in [0, 0.1) is 0 Å². The van der Waals surface area contributed by atoms with E-state index in [9.17, 15) is 0 Å². The summed E-state index contributed by atoms with van der Waals surface area (Å²) in [6.07, 6.45) is 0. The lowest BCUT2D eigenvalue weighted by molar-refractivity contribution is 0.404. The number of hydrogen-bond acceptors (Lipinski definition) is 3. The second-order valence-corrected chi connectivity index (χ2v) is 5.53. The minimum absolute atomic E-state index is 0.196. The average Bonchev–Trinajstić information content (AvgIpc) is 2.14. The van der Waals surface area contributed by atoms with E-state index in [0.29, 0.717) is 5.02 Å². The van der Waals surface area contributed by atoms with Gasteiger partial charge in [0.1, 0.15) is 5.75 Å². The highest BCUT2D eigenvalue weighted by Crippen LogP contribution is 2.32. The van der Waals surface area contributed by atoms with E-state index < -0.39 is 0 Å². The summed E-state index contributed by atoms with van der Waals surface area (Å²) in [6.45, 7) is 3.99. The summed E-state index contributed by atoms with van der Waals surface area (Å²) >= 11 is 7.58. The van der Waals surface area contributed by atoms with Crippen LogP contribution in [0.1, 0.15) is 13.8 Å². The summed E-state index contributed by atoms with van der Waals surface area (Å²) in [5.74, 6) is 1.66. The van der Waals surface area contributed by atoms with Gasteiger partial charge in [0, 0.05) is 16.3 Å². The van der Waals surface area contributed by atoms with Crippen LogP contribution in [-0.4, -0.2) is 18.4 Å². The Balaban J connectivity index is 2.79. The Morgan fingerprint density at radius 3 is 2.67 bits per heavy atom. The minimum Gasteiger partial charge on any atom is -0.496 e. The van der Waals surface area contributed by atoms with Crippen LogP contribution in [0.5, 0.6) is 5.75 Å². The van der Waals surface area contributed by atoms with Crippen LogP contribution < -0.4 is 10.5 Å². The molecule has 84 valence electrons. The molecule has 0 aliphatic carbocycles. The zero-order valence-electron chi connectivity index (χ0n) is 9.21. The second kappa shape index (κ2) is 5.10. The SMILES string of the molecule is COc1ccc(Cl)cc1SCC(C)(C)N. The van der Waals surface area contributed by atoms with Gasteiger partial charge in [0.15, 0.2) is 0 Å². The fourth-order valence-electron chi connectivity index (χ4n) is 1.03. The fraction of sp³-hybridized carbons (Fsp3) is 0.455. The molecular weight excluding hydrogens is 230 g/mol. The highest BCUT2D eigenvalue weighted by molar-refractivity contribution is 7.99. The van der Waals surface area contributed by atoms with Gasteiger partial charge in [-0.25, -0.2) is 0 Å². The van der Waals surface area contributed by atoms with Crippen LogP contribution in [0.2, 0.25) is 5.02 Å². The molecule has 0 spiro atoms. The molecule has 1 rings (SSSR count). The average molecular weight is 246 g/mol. The molecule has 0 aliphatic heterocycles. The van der Waals surface area contributed by atoms with Gasteiger partial charge >= 0.3 is 0 Å². The monoisotopic (exact) mass is 245 g/mol. The summed E-state index contributed by atoms with van der Waals surface area (Å²) in [7, 11) is 1.65. The molecule has 0 fully saturated rings. The first-order valence-corrected chi connectivity index (χ1v) is 6.04. The Bertz CT molecular complexity index is 336. The lowest BCUT2D eigenvalue weighted by Gasteiger charge is -2.18. The lowest BCUT2D eigenvalue weighted by Crippen LogP contribution is -2.34. The molecule has 0 aromatic heterocycles. The topological polar surface area (TPSA) is 35.2 Å². The van der Waals surface area contributed by atoms with Gasteiger partial charge in [0.25, 0.3) is 0 Å². The van der Waals surface area contributed by atoms with Crippen molar-refractivity contribution in [2.75, 3.05) is 12.9 Å². The molecule has 0 atom stereocenters. The highest BCUT2D eigenvalue weighted by atomic mass is 35.5. The number of ether oxygens (including phenoxy) is 1. The quantitative estimate of drug-likeness (QED) is 0.828. The summed E-state index contributed by atoms with van der Waals surface area (Å²) in [5.41, 5.74) is 5.72. The zero-order chi connectivity index (χ0) is 11.5. The minimum atomic E-state index is -0.196. The summed E-state index contributed by atoms with van der Waals surface area (Å²) in [6, 6.07) is 5.59. The summed E-state index contributed by atoms with van der Waals surface area (Å²) in [4.78, 5) is 1.03. The van der Waals surface area contributed by atoms with E-state index >= 15 is 0 Å². The van der Waals surface area contributed by atoms with Crippen molar-refractivity contribution in [1.82, 2.24) is 0 Å². The molecule has 2 nitrogen and oxygen atoms in total. The molecule has 4 heteroatoms. The van der Waals surface area contributed by atoms with E-state index in [1.807, 2.05) is 32.0 Å². The van der Waals surface area contributed by atoms with E-state index in [0.717, 1.165) is 16.4 Å². The van der Waals surface area contributed by atoms with Crippen LogP contribution in [0.25, 0.3) is 0 Å². The van der Waals surface area contributed by atoms with Gasteiger partial charge in [-0.05, 0) is 32.0 Å². The Hall–Kier alpha value is -0.380. The van der Waals surface area contributed by atoms with Crippen molar-refractivity contribution >= 4 is 23.4 Å². The maximum Gasteiger partial charge on any atom is 0.132 e. The van der Waals surface area contributed by atoms with Crippen LogP contribution in [0.3, 0.4) is 0 Å². The number of nitrogens with two attached hydrogens (primary N) is 1. The molecule has 0 radical (unpaired) electrons. The summed E-state index contributed by atoms with van der Waals surface area (Å²) in [5, 5.41) is 0.716. The van der Waals surface area contributed by atoms with Crippen LogP contribution in [0.4, 0.5) is 0 Å². The van der Waals surface area contributed by atoms with E-state index in [1.54, 1.807) is 18.9 Å². The molecule has 0 aliphatic rings. The molecule has 1 aromatic carbocycles. The Kier molecular flexibility index (Phi) is 4.32. The third-order valence-electron chi connectivity index (χ3n) is 1.73. The van der Waals surface area contributed by atoms with Crippen molar-refractivity contribution in [3.8, 4) is 5.75 Å². The molecular formula is C11H16ClNOS. The molecule has 0 bridgehead atoms. The van der Waals surface area contributed by atoms with Gasteiger partial charge in [-0.15, -0.1) is 11.8 Å². The van der Waals surface area contributed by atoms with Gasteiger partial charge < -0.3 is 10.5 Å². The molecule has 1 aromatic rings. The lowest BCUT2D eigenvalue weighted by atomic mass is 10.1. The molecule has 0 saturated heterocycles. The largest absolute Gasteiger partial charge is 0.496 e. The van der Waals surface area contributed by atoms with Crippen LogP contribution >= 0.6 is 23.4 Å². The molecule has 15 heavy (non-hydrogen) atoms. The zero-order valence-corrected chi connectivity index (χ0v) is 10.8. The number of hydrogen-bond donors (Lipinski definition) is 1. The number of halogens is 1. The third-order valence-corrected chi connectivity index (χ3v) is 3.48. The van der Waals surface area contributed by atoms with Crippen molar-refractivity contribution in [3.63, 3.8) is 0 Å². The van der Waals surface area contributed by atoms with Crippen molar-refractivity contribution in [1.29, 1.82) is 0 Å². The van der Waals surface area contributed by atoms with Crippen molar-refractivity contribution in [2.45, 2.75) is 24.3 Å². The van der Waals surface area contributed by atoms with Gasteiger partial charge in [0.05, 0.1) is 12.0 Å². The first kappa shape index (κ1) is 12.7. The standard InChI is InChI=1S/C11H16ClNOS/c1-11(2,13)7-15-10-6-8(12)4-5-9(10)14-3/h4-6H,7,13H2,1-3H3.